The first-order valence-corrected chi connectivity index (χ1v) is 9.38. The zero-order valence-electron chi connectivity index (χ0n) is 13.4. The summed E-state index contributed by atoms with van der Waals surface area (Å²) in [6.07, 6.45) is 8.41. The summed E-state index contributed by atoms with van der Waals surface area (Å²) < 4.78 is 7.19. The van der Waals surface area contributed by atoms with Gasteiger partial charge in [-0.2, -0.15) is 0 Å². The largest absolute Gasteiger partial charge is 0.445 e. The van der Waals surface area contributed by atoms with Crippen LogP contribution in [0.2, 0.25) is 0 Å². The van der Waals surface area contributed by atoms with Crippen LogP contribution in [0.1, 0.15) is 18.2 Å². The van der Waals surface area contributed by atoms with Crippen LogP contribution in [0.4, 0.5) is 4.79 Å². The van der Waals surface area contributed by atoms with Crippen molar-refractivity contribution in [2.24, 2.45) is 0 Å². The highest BCUT2D eigenvalue weighted by Crippen LogP contribution is 2.32. The lowest BCUT2D eigenvalue weighted by molar-refractivity contribution is -0.109. The molecule has 1 aliphatic heterocycles. The van der Waals surface area contributed by atoms with Crippen molar-refractivity contribution in [3.8, 4) is 0 Å². The predicted molar refractivity (Wildman–Crippen MR) is 95.5 cm³/mol. The summed E-state index contributed by atoms with van der Waals surface area (Å²) in [5.41, 5.74) is 0. The Balaban J connectivity index is 1.73. The van der Waals surface area contributed by atoms with Crippen LogP contribution >= 0.6 is 23.1 Å². The van der Waals surface area contributed by atoms with E-state index in [1.807, 2.05) is 16.8 Å². The van der Waals surface area contributed by atoms with Crippen molar-refractivity contribution in [2.75, 3.05) is 13.2 Å². The minimum Gasteiger partial charge on any atom is -0.445 e. The Labute approximate surface area is 148 Å². The number of rotatable bonds is 5. The number of fused-ring (bicyclic) bond motifs is 1. The smallest absolute Gasteiger partial charge is 0.410 e. The van der Waals surface area contributed by atoms with Gasteiger partial charge < -0.3 is 9.64 Å². The van der Waals surface area contributed by atoms with Gasteiger partial charge in [-0.3, -0.25) is 9.20 Å². The minimum atomic E-state index is -0.337. The second-order valence-electron chi connectivity index (χ2n) is 5.68. The first-order valence-electron chi connectivity index (χ1n) is 7.68. The van der Waals surface area contributed by atoms with Crippen LogP contribution in [-0.4, -0.2) is 49.9 Å². The Morgan fingerprint density at radius 3 is 3.12 bits per heavy atom. The number of imidazole rings is 1. The van der Waals surface area contributed by atoms with Crippen LogP contribution in [0.5, 0.6) is 0 Å². The van der Waals surface area contributed by atoms with E-state index in [9.17, 15) is 9.59 Å². The monoisotopic (exact) mass is 365 g/mol. The lowest BCUT2D eigenvalue weighted by atomic mass is 10.1. The standard InChI is InChI=1S/C16H19N3O3S2/c1-3-4-22-16(21)19-9-14(23-11(2)20)6-12(19)5-13-8-18-10-17-7-15(18)24-13/h3,7-8,10,12,14H,1,4-6,9H2,2H3/t12-,14+/m1/s1. The van der Waals surface area contributed by atoms with Crippen molar-refractivity contribution in [3.05, 3.63) is 36.3 Å². The summed E-state index contributed by atoms with van der Waals surface area (Å²) in [4.78, 5) is 31.8. The average Bonchev–Trinajstić information content (AvgIpc) is 3.19. The molecule has 2 atom stereocenters. The Morgan fingerprint density at radius 1 is 1.58 bits per heavy atom. The molecule has 0 radical (unpaired) electrons. The SMILES string of the molecule is C=CCOC(=O)N1C[C@@H](SC(C)=O)C[C@H]1Cc1cn2cncc2s1. The maximum atomic E-state index is 12.3. The van der Waals surface area contributed by atoms with Crippen LogP contribution < -0.4 is 0 Å². The van der Waals surface area contributed by atoms with Gasteiger partial charge >= 0.3 is 6.09 Å². The molecule has 0 N–H and O–H groups in total. The predicted octanol–water partition coefficient (Wildman–Crippen LogP) is 2.98. The Hall–Kier alpha value is -1.80. The maximum absolute atomic E-state index is 12.3. The van der Waals surface area contributed by atoms with Gasteiger partial charge in [0.25, 0.3) is 0 Å². The molecule has 0 aliphatic carbocycles. The van der Waals surface area contributed by atoms with E-state index in [-0.39, 0.29) is 29.1 Å². The molecule has 1 amide bonds. The molecule has 128 valence electrons. The highest BCUT2D eigenvalue weighted by Gasteiger charge is 2.37. The number of ether oxygens (including phenoxy) is 1. The Morgan fingerprint density at radius 2 is 2.42 bits per heavy atom. The number of carbonyl (C=O) groups excluding carboxylic acids is 2. The molecule has 24 heavy (non-hydrogen) atoms. The summed E-state index contributed by atoms with van der Waals surface area (Å²) in [7, 11) is 0. The van der Waals surface area contributed by atoms with Gasteiger partial charge in [0.05, 0.1) is 12.5 Å². The summed E-state index contributed by atoms with van der Waals surface area (Å²) in [5, 5.41) is 0.202. The molecular weight excluding hydrogens is 346 g/mol. The van der Waals surface area contributed by atoms with E-state index in [1.54, 1.807) is 35.6 Å². The number of hydrogen-bond acceptors (Lipinski definition) is 6. The van der Waals surface area contributed by atoms with Crippen LogP contribution in [0.3, 0.4) is 0 Å². The van der Waals surface area contributed by atoms with Crippen molar-refractivity contribution in [1.82, 2.24) is 14.3 Å². The van der Waals surface area contributed by atoms with Crippen molar-refractivity contribution in [2.45, 2.75) is 31.1 Å². The van der Waals surface area contributed by atoms with Gasteiger partial charge in [0.1, 0.15) is 11.4 Å². The van der Waals surface area contributed by atoms with Crippen molar-refractivity contribution in [3.63, 3.8) is 0 Å². The quantitative estimate of drug-likeness (QED) is 0.762. The van der Waals surface area contributed by atoms with Gasteiger partial charge in [-0.15, -0.1) is 11.3 Å². The molecule has 0 spiro atoms. The second kappa shape index (κ2) is 7.40. The number of amides is 1. The van der Waals surface area contributed by atoms with Gasteiger partial charge in [-0.1, -0.05) is 24.4 Å². The van der Waals surface area contributed by atoms with E-state index in [0.29, 0.717) is 6.54 Å². The molecule has 2 aromatic rings. The third kappa shape index (κ3) is 3.81. The molecule has 1 fully saturated rings. The van der Waals surface area contributed by atoms with Crippen molar-refractivity contribution in [1.29, 1.82) is 0 Å². The maximum Gasteiger partial charge on any atom is 0.410 e. The Kier molecular flexibility index (Phi) is 5.25. The van der Waals surface area contributed by atoms with Gasteiger partial charge in [0, 0.05) is 42.3 Å². The number of thioether (sulfide) groups is 1. The molecule has 1 saturated heterocycles. The molecule has 1 aliphatic rings. The zero-order chi connectivity index (χ0) is 17.1. The summed E-state index contributed by atoms with van der Waals surface area (Å²) in [6, 6.07) is 0.0375. The van der Waals surface area contributed by atoms with Crippen molar-refractivity contribution < 1.29 is 14.3 Å². The number of carbonyl (C=O) groups is 2. The molecular formula is C16H19N3O3S2. The second-order valence-corrected chi connectivity index (χ2v) is 8.30. The summed E-state index contributed by atoms with van der Waals surface area (Å²) in [5.74, 6) is 0. The fraction of sp³-hybridized carbons (Fsp3) is 0.438. The number of likely N-dealkylation sites (tertiary alicyclic amines) is 1. The topological polar surface area (TPSA) is 63.9 Å². The Bertz CT molecular complexity index is 726. The lowest BCUT2D eigenvalue weighted by Crippen LogP contribution is -2.37. The number of nitrogens with zero attached hydrogens (tertiary/aromatic N) is 3. The van der Waals surface area contributed by atoms with E-state index in [2.05, 4.69) is 11.6 Å². The van der Waals surface area contributed by atoms with Crippen molar-refractivity contribution >= 4 is 39.1 Å². The van der Waals surface area contributed by atoms with Crippen LogP contribution in [0.15, 0.2) is 31.4 Å². The first kappa shape index (κ1) is 17.0. The molecule has 2 aromatic heterocycles. The normalized spacial score (nSPS) is 20.5. The van der Waals surface area contributed by atoms with Crippen LogP contribution in [0.25, 0.3) is 4.83 Å². The van der Waals surface area contributed by atoms with E-state index in [0.717, 1.165) is 17.7 Å². The van der Waals surface area contributed by atoms with E-state index >= 15 is 0 Å². The summed E-state index contributed by atoms with van der Waals surface area (Å²) in [6.45, 7) is 5.86. The van der Waals surface area contributed by atoms with E-state index < -0.39 is 0 Å². The molecule has 6 nitrogen and oxygen atoms in total. The molecule has 0 aromatic carbocycles. The molecule has 0 saturated carbocycles. The third-order valence-electron chi connectivity index (χ3n) is 3.85. The van der Waals surface area contributed by atoms with Gasteiger partial charge in [0.15, 0.2) is 5.12 Å². The highest BCUT2D eigenvalue weighted by atomic mass is 32.2. The number of thiazole rings is 1. The fourth-order valence-electron chi connectivity index (χ4n) is 2.93. The molecule has 3 rings (SSSR count). The molecule has 0 unspecified atom stereocenters. The summed E-state index contributed by atoms with van der Waals surface area (Å²) >= 11 is 2.98. The number of aromatic nitrogens is 2. The lowest BCUT2D eigenvalue weighted by Gasteiger charge is -2.23. The minimum absolute atomic E-state index is 0.0375. The van der Waals surface area contributed by atoms with Crippen LogP contribution in [0, 0.1) is 0 Å². The molecule has 3 heterocycles. The molecule has 8 heteroatoms. The zero-order valence-corrected chi connectivity index (χ0v) is 15.0. The molecule has 0 bridgehead atoms. The van der Waals surface area contributed by atoms with Crippen LogP contribution in [-0.2, 0) is 16.0 Å². The third-order valence-corrected chi connectivity index (χ3v) is 5.92. The average molecular weight is 365 g/mol. The van der Waals surface area contributed by atoms with Gasteiger partial charge in [-0.25, -0.2) is 9.78 Å². The first-order chi connectivity index (χ1) is 11.6. The van der Waals surface area contributed by atoms with E-state index in [4.69, 9.17) is 4.74 Å². The fourth-order valence-corrected chi connectivity index (χ4v) is 4.99. The number of hydrogen-bond donors (Lipinski definition) is 0. The van der Waals surface area contributed by atoms with Gasteiger partial charge in [-0.05, 0) is 6.42 Å². The van der Waals surface area contributed by atoms with E-state index in [1.165, 1.54) is 16.6 Å². The van der Waals surface area contributed by atoms with Gasteiger partial charge in [0.2, 0.25) is 0 Å². The highest BCUT2D eigenvalue weighted by molar-refractivity contribution is 8.14.